The van der Waals surface area contributed by atoms with Crippen LogP contribution in [0.3, 0.4) is 0 Å². The molecule has 41 valence electrons. The van der Waals surface area contributed by atoms with E-state index >= 15 is 0 Å². The van der Waals surface area contributed by atoms with Crippen LogP contribution in [0.25, 0.3) is 0 Å². The fourth-order valence-electron chi connectivity index (χ4n) is 0. The molecule has 0 N–H and O–H groups in total. The fourth-order valence-corrected chi connectivity index (χ4v) is 0. The molecule has 0 aromatic rings. The molecule has 0 aliphatic heterocycles. The molecule has 6 heteroatoms. The number of halogens is 1. The van der Waals surface area contributed by atoms with E-state index in [1.54, 1.807) is 0 Å². The van der Waals surface area contributed by atoms with E-state index in [1.165, 1.54) is 0 Å². The van der Waals surface area contributed by atoms with Crippen molar-refractivity contribution in [2.45, 2.75) is 0 Å². The average molecular weight is 279 g/mol. The summed E-state index contributed by atoms with van der Waals surface area (Å²) in [7, 11) is -3.63. The molecule has 0 bridgehead atoms. The van der Waals surface area contributed by atoms with Gasteiger partial charge in [0.25, 0.3) is 0 Å². The van der Waals surface area contributed by atoms with Crippen LogP contribution < -0.4 is 22.0 Å². The maximum Gasteiger partial charge on any atom is 3.00 e. The molecule has 0 spiro atoms. The van der Waals surface area contributed by atoms with E-state index in [1.807, 2.05) is 0 Å². The second-order valence-electron chi connectivity index (χ2n) is 0.250. The van der Waals surface area contributed by atoms with Crippen LogP contribution in [-0.2, 0) is 4.46 Å². The first-order chi connectivity index (χ1) is 1.73. The van der Waals surface area contributed by atoms with Gasteiger partial charge in [-0.1, -0.05) is 0 Å². The molecule has 0 aliphatic carbocycles. The van der Waals surface area contributed by atoms with Crippen LogP contribution in [-0.4, -0.2) is 9.17 Å². The summed E-state index contributed by atoms with van der Waals surface area (Å²) in [6.07, 6.45) is 0. The van der Waals surface area contributed by atoms with Gasteiger partial charge in [-0.2, -0.15) is 0 Å². The summed E-state index contributed by atoms with van der Waals surface area (Å²) < 4.78 is 8.52. The van der Waals surface area contributed by atoms with E-state index in [0.29, 0.717) is 0 Å². The van der Waals surface area contributed by atoms with Gasteiger partial charge in [0.1, 0.15) is 0 Å². The molecular formula is ClErO3Si. The zero-order valence-electron chi connectivity index (χ0n) is 2.39. The fraction of sp³-hybridized carbons (Fsp3) is 0. The van der Waals surface area contributed by atoms with Crippen molar-refractivity contribution < 1.29 is 63.8 Å². The minimum Gasteiger partial charge on any atom is -1.00 e. The maximum absolute atomic E-state index is 8.52. The van der Waals surface area contributed by atoms with E-state index in [9.17, 15) is 0 Å². The van der Waals surface area contributed by atoms with Gasteiger partial charge >= 0.3 is 37.3 Å². The topological polar surface area (TPSA) is 63.2 Å². The van der Waals surface area contributed by atoms with Gasteiger partial charge in [-0.25, -0.2) is 0 Å². The Bertz CT molecular complexity index is 33.8. The molecule has 6 heavy (non-hydrogen) atoms. The third-order valence-corrected chi connectivity index (χ3v) is 0. The van der Waals surface area contributed by atoms with E-state index in [2.05, 4.69) is 0 Å². The Morgan fingerprint density at radius 1 is 1.33 bits per heavy atom. The van der Waals surface area contributed by atoms with Crippen LogP contribution >= 0.6 is 0 Å². The summed E-state index contributed by atoms with van der Waals surface area (Å²) in [6.45, 7) is 0. The SMILES string of the molecule is O=[Si]([O-])[O-].[Cl-].[Er+3]. The van der Waals surface area contributed by atoms with Crippen LogP contribution in [0.4, 0.5) is 0 Å². The number of rotatable bonds is 0. The minimum absolute atomic E-state index is 0. The van der Waals surface area contributed by atoms with Gasteiger partial charge < -0.3 is 26.5 Å². The van der Waals surface area contributed by atoms with Crippen molar-refractivity contribution in [3.63, 3.8) is 0 Å². The van der Waals surface area contributed by atoms with Crippen molar-refractivity contribution in [2.75, 3.05) is 0 Å². The predicted molar refractivity (Wildman–Crippen MR) is 6.44 cm³/mol. The summed E-state index contributed by atoms with van der Waals surface area (Å²) in [5, 5.41) is 0. The Morgan fingerprint density at radius 2 is 1.33 bits per heavy atom. The van der Waals surface area contributed by atoms with E-state index in [0.717, 1.165) is 0 Å². The molecule has 0 aliphatic rings. The number of hydrogen-bond donors (Lipinski definition) is 0. The van der Waals surface area contributed by atoms with E-state index in [-0.39, 0.29) is 49.7 Å². The standard InChI is InChI=1S/ClH.Er.O3Si/c;;1-4(2)3/h1H;;/q;+3;-2/p-1. The van der Waals surface area contributed by atoms with Crippen molar-refractivity contribution in [2.24, 2.45) is 0 Å². The number of hydrogen-bond acceptors (Lipinski definition) is 3. The van der Waals surface area contributed by atoms with Crippen LogP contribution in [0.1, 0.15) is 0 Å². The van der Waals surface area contributed by atoms with Crippen LogP contribution in [0.2, 0.25) is 0 Å². The second-order valence-corrected chi connectivity index (χ2v) is 0.750. The third kappa shape index (κ3) is 66.8. The van der Waals surface area contributed by atoms with Crippen LogP contribution in [0.15, 0.2) is 0 Å². The van der Waals surface area contributed by atoms with Gasteiger partial charge in [0.2, 0.25) is 0 Å². The van der Waals surface area contributed by atoms with Gasteiger partial charge in [-0.15, -0.1) is 0 Å². The van der Waals surface area contributed by atoms with Crippen molar-refractivity contribution >= 4 is 9.17 Å². The largest absolute Gasteiger partial charge is 3.00 e. The molecule has 1 radical (unpaired) electrons. The average Bonchev–Trinajstić information content (AvgIpc) is 0.811. The summed E-state index contributed by atoms with van der Waals surface area (Å²) >= 11 is 0. The molecule has 0 atom stereocenters. The quantitative estimate of drug-likeness (QED) is 0.415. The summed E-state index contributed by atoms with van der Waals surface area (Å²) in [5.41, 5.74) is 0. The molecule has 0 unspecified atom stereocenters. The summed E-state index contributed by atoms with van der Waals surface area (Å²) in [4.78, 5) is 17.0. The first-order valence-corrected chi connectivity index (χ1v) is 1.84. The van der Waals surface area contributed by atoms with Crippen LogP contribution in [0, 0.1) is 37.3 Å². The summed E-state index contributed by atoms with van der Waals surface area (Å²) in [6, 6.07) is 0. The van der Waals surface area contributed by atoms with Crippen LogP contribution in [0.5, 0.6) is 0 Å². The first kappa shape index (κ1) is 15.7. The Morgan fingerprint density at radius 3 is 1.33 bits per heavy atom. The van der Waals surface area contributed by atoms with Crippen molar-refractivity contribution in [3.8, 4) is 0 Å². The van der Waals surface area contributed by atoms with Gasteiger partial charge in [0.05, 0.1) is 0 Å². The third-order valence-electron chi connectivity index (χ3n) is 0. The van der Waals surface area contributed by atoms with Crippen molar-refractivity contribution in [1.82, 2.24) is 0 Å². The Balaban J connectivity index is -0.0000000450. The molecule has 0 rings (SSSR count). The zero-order chi connectivity index (χ0) is 3.58. The van der Waals surface area contributed by atoms with Gasteiger partial charge in [0, 0.05) is 9.17 Å². The second kappa shape index (κ2) is 9.47. The predicted octanol–water partition coefficient (Wildman–Crippen LogP) is -5.87. The van der Waals surface area contributed by atoms with E-state index < -0.39 is 9.17 Å². The molecule has 0 fully saturated rings. The molecule has 0 saturated heterocycles. The Kier molecular flexibility index (Phi) is 24.8. The summed E-state index contributed by atoms with van der Waals surface area (Å²) in [5.74, 6) is 0. The maximum atomic E-state index is 8.52. The molecule has 3 nitrogen and oxygen atoms in total. The Labute approximate surface area is 72.3 Å². The smallest absolute Gasteiger partial charge is 1.00 e. The van der Waals surface area contributed by atoms with Gasteiger partial charge in [0.15, 0.2) is 0 Å². The monoisotopic (exact) mass is 277 g/mol. The molecule has 0 amide bonds. The molecule has 0 aromatic heterocycles. The molecule has 0 heterocycles. The molecular weight excluding hydrogens is 279 g/mol. The first-order valence-electron chi connectivity index (χ1n) is 0.612. The minimum atomic E-state index is -3.63. The van der Waals surface area contributed by atoms with Gasteiger partial charge in [-0.05, 0) is 0 Å². The normalized spacial score (nSPS) is 4.00. The van der Waals surface area contributed by atoms with Crippen molar-refractivity contribution in [3.05, 3.63) is 0 Å². The zero-order valence-corrected chi connectivity index (χ0v) is 6.00. The Hall–Kier alpha value is 1.15. The molecule has 0 aromatic carbocycles. The molecule has 0 saturated carbocycles. The van der Waals surface area contributed by atoms with Crippen molar-refractivity contribution in [1.29, 1.82) is 0 Å². The van der Waals surface area contributed by atoms with Gasteiger partial charge in [-0.3, -0.25) is 0 Å². The van der Waals surface area contributed by atoms with E-state index in [4.69, 9.17) is 14.1 Å².